The number of aromatic carboxylic acids is 1. The van der Waals surface area contributed by atoms with E-state index in [9.17, 15) is 9.59 Å². The lowest BCUT2D eigenvalue weighted by atomic mass is 9.96. The molecule has 3 aromatic rings. The van der Waals surface area contributed by atoms with Crippen LogP contribution in [0.1, 0.15) is 40.9 Å². The van der Waals surface area contributed by atoms with Gasteiger partial charge in [-0.3, -0.25) is 4.79 Å². The van der Waals surface area contributed by atoms with Crippen molar-refractivity contribution in [3.05, 3.63) is 82.6 Å². The standard InChI is InChI=1S/C21H18ClN3O4/c1-2-18(26)29-17-9-8-15(22)12-16(17)19(25-21-23-10-3-11-24-21)13-4-6-14(7-5-13)20(27)28/h3-12,19H,2H2,1H3,(H,27,28)(H,23,24,25). The largest absolute Gasteiger partial charge is 0.478 e. The minimum absolute atomic E-state index is 0.159. The quantitative estimate of drug-likeness (QED) is 0.440. The van der Waals surface area contributed by atoms with Crippen LogP contribution in [0.15, 0.2) is 60.9 Å². The van der Waals surface area contributed by atoms with Gasteiger partial charge in [-0.25, -0.2) is 14.8 Å². The van der Waals surface area contributed by atoms with Gasteiger partial charge < -0.3 is 15.2 Å². The summed E-state index contributed by atoms with van der Waals surface area (Å²) < 4.78 is 5.48. The molecule has 7 nitrogen and oxygen atoms in total. The number of hydrogen-bond donors (Lipinski definition) is 2. The Labute approximate surface area is 172 Å². The first-order valence-electron chi connectivity index (χ1n) is 8.85. The van der Waals surface area contributed by atoms with Crippen molar-refractivity contribution in [2.45, 2.75) is 19.4 Å². The molecule has 0 fully saturated rings. The Morgan fingerprint density at radius 1 is 1.14 bits per heavy atom. The number of esters is 1. The number of nitrogens with zero attached hydrogens (tertiary/aromatic N) is 2. The number of carbonyl (C=O) groups excluding carboxylic acids is 1. The summed E-state index contributed by atoms with van der Waals surface area (Å²) in [7, 11) is 0. The van der Waals surface area contributed by atoms with Crippen LogP contribution in [0.4, 0.5) is 5.95 Å². The van der Waals surface area contributed by atoms with Crippen molar-refractivity contribution in [3.63, 3.8) is 0 Å². The Kier molecular flexibility index (Phi) is 6.41. The van der Waals surface area contributed by atoms with Crippen molar-refractivity contribution < 1.29 is 19.4 Å². The number of anilines is 1. The molecule has 8 heteroatoms. The first kappa shape index (κ1) is 20.3. The van der Waals surface area contributed by atoms with Gasteiger partial charge in [0, 0.05) is 29.4 Å². The molecule has 0 saturated carbocycles. The van der Waals surface area contributed by atoms with E-state index in [1.54, 1.807) is 55.7 Å². The average Bonchev–Trinajstić information content (AvgIpc) is 2.74. The lowest BCUT2D eigenvalue weighted by Gasteiger charge is -2.22. The average molecular weight is 412 g/mol. The molecule has 0 amide bonds. The molecule has 0 aliphatic carbocycles. The third-order valence-electron chi connectivity index (χ3n) is 4.13. The van der Waals surface area contributed by atoms with Crippen LogP contribution >= 0.6 is 11.6 Å². The predicted octanol–water partition coefficient (Wildman–Crippen LogP) is 4.35. The number of carboxylic acids is 1. The van der Waals surface area contributed by atoms with Crippen LogP contribution < -0.4 is 10.1 Å². The fourth-order valence-corrected chi connectivity index (χ4v) is 2.87. The first-order chi connectivity index (χ1) is 14.0. The zero-order valence-electron chi connectivity index (χ0n) is 15.5. The number of hydrogen-bond acceptors (Lipinski definition) is 6. The number of rotatable bonds is 7. The molecule has 1 heterocycles. The van der Waals surface area contributed by atoms with Gasteiger partial charge in [0.2, 0.25) is 5.95 Å². The molecule has 0 spiro atoms. The van der Waals surface area contributed by atoms with Gasteiger partial charge in [0.15, 0.2) is 0 Å². The van der Waals surface area contributed by atoms with Gasteiger partial charge >= 0.3 is 11.9 Å². The van der Waals surface area contributed by atoms with Crippen LogP contribution in [0.3, 0.4) is 0 Å². The minimum Gasteiger partial charge on any atom is -0.478 e. The fraction of sp³-hybridized carbons (Fsp3) is 0.143. The third-order valence-corrected chi connectivity index (χ3v) is 4.36. The Morgan fingerprint density at radius 3 is 2.45 bits per heavy atom. The summed E-state index contributed by atoms with van der Waals surface area (Å²) >= 11 is 6.21. The topological polar surface area (TPSA) is 101 Å². The second kappa shape index (κ2) is 9.16. The molecule has 1 unspecified atom stereocenters. The van der Waals surface area contributed by atoms with Crippen molar-refractivity contribution >= 4 is 29.5 Å². The normalized spacial score (nSPS) is 11.5. The number of carbonyl (C=O) groups is 2. The Morgan fingerprint density at radius 2 is 1.83 bits per heavy atom. The molecule has 1 atom stereocenters. The van der Waals surface area contributed by atoms with Gasteiger partial charge in [0.1, 0.15) is 5.75 Å². The summed E-state index contributed by atoms with van der Waals surface area (Å²) in [5.41, 5.74) is 1.47. The van der Waals surface area contributed by atoms with E-state index in [-0.39, 0.29) is 18.0 Å². The van der Waals surface area contributed by atoms with Gasteiger partial charge in [-0.15, -0.1) is 0 Å². The number of aromatic nitrogens is 2. The molecule has 3 rings (SSSR count). The monoisotopic (exact) mass is 411 g/mol. The second-order valence-corrected chi connectivity index (χ2v) is 6.52. The fourth-order valence-electron chi connectivity index (χ4n) is 2.69. The van der Waals surface area contributed by atoms with Crippen LogP contribution in [0.25, 0.3) is 0 Å². The zero-order valence-corrected chi connectivity index (χ0v) is 16.3. The maximum Gasteiger partial charge on any atom is 0.335 e. The molecular weight excluding hydrogens is 394 g/mol. The van der Waals surface area contributed by atoms with Crippen molar-refractivity contribution in [3.8, 4) is 5.75 Å². The predicted molar refractivity (Wildman–Crippen MR) is 108 cm³/mol. The summed E-state index contributed by atoms with van der Waals surface area (Å²) in [5.74, 6) is -0.707. The van der Waals surface area contributed by atoms with Crippen LogP contribution in [0, 0.1) is 0 Å². The molecule has 29 heavy (non-hydrogen) atoms. The molecule has 0 saturated heterocycles. The summed E-state index contributed by atoms with van der Waals surface area (Å²) in [6.07, 6.45) is 3.40. The lowest BCUT2D eigenvalue weighted by Crippen LogP contribution is -2.17. The van der Waals surface area contributed by atoms with E-state index in [1.807, 2.05) is 0 Å². The third kappa shape index (κ3) is 5.08. The van der Waals surface area contributed by atoms with E-state index < -0.39 is 12.0 Å². The number of carboxylic acid groups (broad SMARTS) is 1. The molecule has 148 valence electrons. The molecular formula is C21H18ClN3O4. The minimum atomic E-state index is -1.02. The number of benzene rings is 2. The number of nitrogens with one attached hydrogen (secondary N) is 1. The number of halogens is 1. The maximum absolute atomic E-state index is 11.9. The molecule has 0 bridgehead atoms. The summed E-state index contributed by atoms with van der Waals surface area (Å²) in [6.45, 7) is 1.70. The van der Waals surface area contributed by atoms with E-state index in [2.05, 4.69) is 15.3 Å². The summed E-state index contributed by atoms with van der Waals surface area (Å²) in [4.78, 5) is 31.5. The van der Waals surface area contributed by atoms with Gasteiger partial charge in [-0.1, -0.05) is 30.7 Å². The van der Waals surface area contributed by atoms with E-state index in [0.29, 0.717) is 22.3 Å². The van der Waals surface area contributed by atoms with Crippen LogP contribution in [-0.4, -0.2) is 27.0 Å². The van der Waals surface area contributed by atoms with Crippen LogP contribution in [0.5, 0.6) is 5.75 Å². The van der Waals surface area contributed by atoms with Crippen molar-refractivity contribution in [2.75, 3.05) is 5.32 Å². The van der Waals surface area contributed by atoms with Crippen molar-refractivity contribution in [1.29, 1.82) is 0 Å². The highest BCUT2D eigenvalue weighted by Gasteiger charge is 2.22. The van der Waals surface area contributed by atoms with E-state index in [0.717, 1.165) is 5.56 Å². The molecule has 1 aromatic heterocycles. The maximum atomic E-state index is 11.9. The van der Waals surface area contributed by atoms with Gasteiger partial charge in [-0.2, -0.15) is 0 Å². The van der Waals surface area contributed by atoms with Crippen LogP contribution in [0.2, 0.25) is 5.02 Å². The molecule has 0 aliphatic rings. The Balaban J connectivity index is 2.08. The lowest BCUT2D eigenvalue weighted by molar-refractivity contribution is -0.134. The highest BCUT2D eigenvalue weighted by atomic mass is 35.5. The molecule has 2 aromatic carbocycles. The van der Waals surface area contributed by atoms with E-state index in [4.69, 9.17) is 21.4 Å². The SMILES string of the molecule is CCC(=O)Oc1ccc(Cl)cc1C(Nc1ncccn1)c1ccc(C(=O)O)cc1. The molecule has 0 radical (unpaired) electrons. The molecule has 0 aliphatic heterocycles. The van der Waals surface area contributed by atoms with E-state index >= 15 is 0 Å². The van der Waals surface area contributed by atoms with E-state index in [1.165, 1.54) is 12.1 Å². The second-order valence-electron chi connectivity index (χ2n) is 6.09. The summed E-state index contributed by atoms with van der Waals surface area (Å²) in [5, 5.41) is 12.8. The first-order valence-corrected chi connectivity index (χ1v) is 9.22. The van der Waals surface area contributed by atoms with Crippen LogP contribution in [-0.2, 0) is 4.79 Å². The Hall–Kier alpha value is -3.45. The van der Waals surface area contributed by atoms with Gasteiger partial charge in [0.25, 0.3) is 0 Å². The van der Waals surface area contributed by atoms with Gasteiger partial charge in [0.05, 0.1) is 11.6 Å². The molecule has 2 N–H and O–H groups in total. The van der Waals surface area contributed by atoms with Crippen molar-refractivity contribution in [2.24, 2.45) is 0 Å². The summed E-state index contributed by atoms with van der Waals surface area (Å²) in [6, 6.07) is 12.4. The van der Waals surface area contributed by atoms with Crippen molar-refractivity contribution in [1.82, 2.24) is 9.97 Å². The zero-order chi connectivity index (χ0) is 20.8. The number of ether oxygens (including phenoxy) is 1. The smallest absolute Gasteiger partial charge is 0.335 e. The highest BCUT2D eigenvalue weighted by molar-refractivity contribution is 6.30. The highest BCUT2D eigenvalue weighted by Crippen LogP contribution is 2.34. The Bertz CT molecular complexity index is 1010. The van der Waals surface area contributed by atoms with Gasteiger partial charge in [-0.05, 0) is 42.0 Å².